The summed E-state index contributed by atoms with van der Waals surface area (Å²) in [4.78, 5) is 16.9. The topological polar surface area (TPSA) is 43.8 Å². The number of hydrogen-bond acceptors (Lipinski definition) is 3. The van der Waals surface area contributed by atoms with Gasteiger partial charge >= 0.3 is 0 Å². The van der Waals surface area contributed by atoms with Crippen molar-refractivity contribution in [3.8, 4) is 0 Å². The van der Waals surface area contributed by atoms with E-state index in [1.807, 2.05) is 17.9 Å². The zero-order valence-electron chi connectivity index (χ0n) is 14.3. The molecular formula is C19H27FN2O2. The Morgan fingerprint density at radius 2 is 2.04 bits per heavy atom. The van der Waals surface area contributed by atoms with Gasteiger partial charge in [0.25, 0.3) is 0 Å². The van der Waals surface area contributed by atoms with Crippen LogP contribution in [0, 0.1) is 11.7 Å². The number of carbonyl (C=O) groups excluding carboxylic acids is 1. The van der Waals surface area contributed by atoms with Crippen molar-refractivity contribution in [1.29, 1.82) is 0 Å². The molecule has 1 amide bonds. The summed E-state index contributed by atoms with van der Waals surface area (Å²) in [5, 5.41) is 10.0. The average Bonchev–Trinajstić information content (AvgIpc) is 3.00. The lowest BCUT2D eigenvalue weighted by molar-refractivity contribution is -0.137. The van der Waals surface area contributed by atoms with Crippen LogP contribution in [0.15, 0.2) is 24.3 Å². The van der Waals surface area contributed by atoms with E-state index in [4.69, 9.17) is 0 Å². The third-order valence-electron chi connectivity index (χ3n) is 5.39. The number of carbonyl (C=O) groups is 1. The third kappa shape index (κ3) is 3.95. The molecule has 5 heteroatoms. The summed E-state index contributed by atoms with van der Waals surface area (Å²) in [7, 11) is 0. The van der Waals surface area contributed by atoms with Crippen molar-refractivity contribution in [2.45, 2.75) is 44.8 Å². The fraction of sp³-hybridized carbons (Fsp3) is 0.632. The van der Waals surface area contributed by atoms with Crippen LogP contribution in [0.2, 0.25) is 0 Å². The molecule has 1 aliphatic heterocycles. The van der Waals surface area contributed by atoms with Crippen molar-refractivity contribution < 1.29 is 14.3 Å². The predicted molar refractivity (Wildman–Crippen MR) is 91.1 cm³/mol. The second-order valence-corrected chi connectivity index (χ2v) is 7.16. The molecule has 1 aliphatic carbocycles. The van der Waals surface area contributed by atoms with Gasteiger partial charge in [-0.2, -0.15) is 0 Å². The van der Waals surface area contributed by atoms with E-state index in [0.29, 0.717) is 6.42 Å². The van der Waals surface area contributed by atoms with Crippen molar-refractivity contribution in [1.82, 2.24) is 9.80 Å². The van der Waals surface area contributed by atoms with Crippen LogP contribution in [-0.2, 0) is 11.2 Å². The molecule has 2 fully saturated rings. The van der Waals surface area contributed by atoms with E-state index in [-0.39, 0.29) is 29.8 Å². The monoisotopic (exact) mass is 334 g/mol. The minimum atomic E-state index is -0.254. The summed E-state index contributed by atoms with van der Waals surface area (Å²) >= 11 is 0. The van der Waals surface area contributed by atoms with Crippen molar-refractivity contribution in [2.75, 3.05) is 26.2 Å². The van der Waals surface area contributed by atoms with E-state index >= 15 is 0 Å². The highest BCUT2D eigenvalue weighted by Crippen LogP contribution is 2.25. The molecule has 3 unspecified atom stereocenters. The van der Waals surface area contributed by atoms with Crippen LogP contribution in [0.3, 0.4) is 0 Å². The zero-order valence-corrected chi connectivity index (χ0v) is 14.3. The molecule has 0 bridgehead atoms. The number of benzene rings is 1. The highest BCUT2D eigenvalue weighted by atomic mass is 19.1. The van der Waals surface area contributed by atoms with Gasteiger partial charge in [-0.3, -0.25) is 9.69 Å². The Morgan fingerprint density at radius 3 is 2.67 bits per heavy atom. The van der Waals surface area contributed by atoms with Crippen LogP contribution in [0.1, 0.15) is 31.7 Å². The molecule has 1 heterocycles. The standard InChI is InChI=1S/C19H27FN2O2/c1-14(12-15-4-2-5-16(20)13-15)19(24)22-10-8-21(9-11-22)17-6-3-7-18(17)23/h2,4-5,13-14,17-18,23H,3,6-12H2,1H3. The summed E-state index contributed by atoms with van der Waals surface area (Å²) in [6.07, 6.45) is 3.41. The number of hydrogen-bond donors (Lipinski definition) is 1. The van der Waals surface area contributed by atoms with Crippen molar-refractivity contribution in [2.24, 2.45) is 5.92 Å². The summed E-state index contributed by atoms with van der Waals surface area (Å²) in [6, 6.07) is 6.75. The van der Waals surface area contributed by atoms with Gasteiger partial charge in [-0.1, -0.05) is 19.1 Å². The normalized spacial score (nSPS) is 26.5. The maximum Gasteiger partial charge on any atom is 0.225 e. The minimum absolute atomic E-state index is 0.143. The summed E-state index contributed by atoms with van der Waals surface area (Å²) < 4.78 is 13.3. The quantitative estimate of drug-likeness (QED) is 0.917. The first-order valence-corrected chi connectivity index (χ1v) is 9.00. The number of rotatable bonds is 4. The lowest BCUT2D eigenvalue weighted by Crippen LogP contribution is -2.54. The van der Waals surface area contributed by atoms with Crippen LogP contribution in [0.5, 0.6) is 0 Å². The second kappa shape index (κ2) is 7.62. The van der Waals surface area contributed by atoms with Crippen LogP contribution in [0.25, 0.3) is 0 Å². The largest absolute Gasteiger partial charge is 0.391 e. The lowest BCUT2D eigenvalue weighted by Gasteiger charge is -2.39. The smallest absolute Gasteiger partial charge is 0.225 e. The first kappa shape index (κ1) is 17.4. The van der Waals surface area contributed by atoms with E-state index in [2.05, 4.69) is 4.90 Å². The molecule has 4 nitrogen and oxygen atoms in total. The van der Waals surface area contributed by atoms with Crippen LogP contribution >= 0.6 is 0 Å². The summed E-state index contributed by atoms with van der Waals surface area (Å²) in [6.45, 7) is 5.02. The van der Waals surface area contributed by atoms with Gasteiger partial charge in [-0.05, 0) is 43.4 Å². The van der Waals surface area contributed by atoms with Gasteiger partial charge in [-0.25, -0.2) is 4.39 Å². The number of amides is 1. The zero-order chi connectivity index (χ0) is 17.1. The summed E-state index contributed by atoms with van der Waals surface area (Å²) in [5.41, 5.74) is 0.864. The fourth-order valence-electron chi connectivity index (χ4n) is 4.04. The van der Waals surface area contributed by atoms with Gasteiger partial charge in [0, 0.05) is 38.1 Å². The molecule has 2 aliphatic rings. The lowest BCUT2D eigenvalue weighted by atomic mass is 9.99. The number of aliphatic hydroxyl groups is 1. The Balaban J connectivity index is 1.51. The molecule has 1 saturated heterocycles. The SMILES string of the molecule is CC(Cc1cccc(F)c1)C(=O)N1CCN(C2CCCC2O)CC1. The number of aliphatic hydroxyl groups excluding tert-OH is 1. The molecule has 1 aromatic rings. The van der Waals surface area contributed by atoms with E-state index in [1.54, 1.807) is 6.07 Å². The Kier molecular flexibility index (Phi) is 5.51. The van der Waals surface area contributed by atoms with Crippen molar-refractivity contribution in [3.05, 3.63) is 35.6 Å². The van der Waals surface area contributed by atoms with Gasteiger partial charge < -0.3 is 10.0 Å². The molecule has 0 aromatic heterocycles. The molecular weight excluding hydrogens is 307 g/mol. The van der Waals surface area contributed by atoms with Gasteiger partial charge in [0.15, 0.2) is 0 Å². The fourth-order valence-corrected chi connectivity index (χ4v) is 4.04. The van der Waals surface area contributed by atoms with E-state index in [9.17, 15) is 14.3 Å². The Hall–Kier alpha value is -1.46. The molecule has 0 radical (unpaired) electrons. The molecule has 1 aromatic carbocycles. The maximum absolute atomic E-state index is 13.3. The van der Waals surface area contributed by atoms with Gasteiger partial charge in [0.1, 0.15) is 5.82 Å². The predicted octanol–water partition coefficient (Wildman–Crippen LogP) is 2.06. The van der Waals surface area contributed by atoms with Crippen LogP contribution in [-0.4, -0.2) is 59.1 Å². The molecule has 24 heavy (non-hydrogen) atoms. The average molecular weight is 334 g/mol. The molecule has 1 N–H and O–H groups in total. The Bertz CT molecular complexity index is 572. The first-order chi connectivity index (χ1) is 11.5. The van der Waals surface area contributed by atoms with Crippen LogP contribution in [0.4, 0.5) is 4.39 Å². The van der Waals surface area contributed by atoms with Crippen molar-refractivity contribution in [3.63, 3.8) is 0 Å². The molecule has 0 spiro atoms. The van der Waals surface area contributed by atoms with Crippen molar-refractivity contribution >= 4 is 5.91 Å². The minimum Gasteiger partial charge on any atom is -0.391 e. The highest BCUT2D eigenvalue weighted by molar-refractivity contribution is 5.79. The maximum atomic E-state index is 13.3. The Morgan fingerprint density at radius 1 is 1.29 bits per heavy atom. The molecule has 3 atom stereocenters. The number of halogens is 1. The number of piperazine rings is 1. The van der Waals surface area contributed by atoms with Gasteiger partial charge in [-0.15, -0.1) is 0 Å². The van der Waals surface area contributed by atoms with E-state index < -0.39 is 0 Å². The van der Waals surface area contributed by atoms with Gasteiger partial charge in [0.2, 0.25) is 5.91 Å². The number of nitrogens with zero attached hydrogens (tertiary/aromatic N) is 2. The first-order valence-electron chi connectivity index (χ1n) is 9.00. The van der Waals surface area contributed by atoms with Gasteiger partial charge in [0.05, 0.1) is 6.10 Å². The molecule has 132 valence electrons. The van der Waals surface area contributed by atoms with E-state index in [0.717, 1.165) is 51.0 Å². The third-order valence-corrected chi connectivity index (χ3v) is 5.39. The molecule has 1 saturated carbocycles. The summed E-state index contributed by atoms with van der Waals surface area (Å²) in [5.74, 6) is -0.253. The Labute approximate surface area is 143 Å². The van der Waals surface area contributed by atoms with E-state index in [1.165, 1.54) is 12.1 Å². The molecule has 3 rings (SSSR count). The second-order valence-electron chi connectivity index (χ2n) is 7.16. The highest BCUT2D eigenvalue weighted by Gasteiger charge is 2.33. The van der Waals surface area contributed by atoms with Crippen LogP contribution < -0.4 is 0 Å².